The molecule has 0 aromatic carbocycles. The van der Waals surface area contributed by atoms with E-state index < -0.39 is 5.60 Å². The van der Waals surface area contributed by atoms with Crippen molar-refractivity contribution < 1.29 is 9.53 Å². The molecular weight excluding hydrogens is 246 g/mol. The van der Waals surface area contributed by atoms with Gasteiger partial charge in [-0.15, -0.1) is 11.3 Å². The number of aryl methyl sites for hydroxylation is 1. The van der Waals surface area contributed by atoms with Gasteiger partial charge in [0.2, 0.25) is 0 Å². The van der Waals surface area contributed by atoms with Gasteiger partial charge in [-0.3, -0.25) is 4.79 Å². The predicted octanol–water partition coefficient (Wildman–Crippen LogP) is 2.70. The number of hydrogen-bond donors (Lipinski definition) is 1. The molecule has 18 heavy (non-hydrogen) atoms. The zero-order valence-corrected chi connectivity index (χ0v) is 12.3. The number of esters is 1. The summed E-state index contributed by atoms with van der Waals surface area (Å²) < 4.78 is 5.52. The number of hydrogen-bond acceptors (Lipinski definition) is 4. The van der Waals surface area contributed by atoms with Gasteiger partial charge in [0.25, 0.3) is 0 Å². The molecule has 100 valence electrons. The van der Waals surface area contributed by atoms with E-state index in [4.69, 9.17) is 4.74 Å². The number of nitrogens with one attached hydrogen (secondary N) is 1. The topological polar surface area (TPSA) is 38.3 Å². The summed E-state index contributed by atoms with van der Waals surface area (Å²) in [5.74, 6) is 0.131. The van der Waals surface area contributed by atoms with E-state index in [2.05, 4.69) is 23.7 Å². The Kier molecular flexibility index (Phi) is 3.78. The van der Waals surface area contributed by atoms with Gasteiger partial charge in [0, 0.05) is 23.9 Å². The highest BCUT2D eigenvalue weighted by Gasteiger charge is 2.37. The summed E-state index contributed by atoms with van der Waals surface area (Å²) in [5, 5.41) is 5.40. The zero-order chi connectivity index (χ0) is 13.3. The van der Waals surface area contributed by atoms with E-state index in [-0.39, 0.29) is 17.8 Å². The smallest absolute Gasteiger partial charge is 0.311 e. The molecule has 1 aromatic rings. The zero-order valence-electron chi connectivity index (χ0n) is 11.4. The Morgan fingerprint density at radius 3 is 2.72 bits per heavy atom. The fourth-order valence-corrected chi connectivity index (χ4v) is 3.44. The molecule has 1 N–H and O–H groups in total. The van der Waals surface area contributed by atoms with Crippen LogP contribution in [-0.2, 0) is 9.53 Å². The van der Waals surface area contributed by atoms with Gasteiger partial charge in [-0.25, -0.2) is 0 Å². The minimum absolute atomic E-state index is 0.0541. The molecule has 1 saturated heterocycles. The maximum absolute atomic E-state index is 12.2. The fraction of sp³-hybridized carbons (Fsp3) is 0.643. The molecule has 0 bridgehead atoms. The van der Waals surface area contributed by atoms with Crippen LogP contribution in [0.5, 0.6) is 0 Å². The first-order valence-corrected chi connectivity index (χ1v) is 7.24. The number of carbonyl (C=O) groups is 1. The van der Waals surface area contributed by atoms with Gasteiger partial charge >= 0.3 is 5.97 Å². The van der Waals surface area contributed by atoms with E-state index in [0.717, 1.165) is 13.1 Å². The Bertz CT molecular complexity index is 433. The first-order valence-electron chi connectivity index (χ1n) is 6.36. The standard InChI is InChI=1S/C14H21NO2S/c1-9-5-6-18-12(9)10-7-15-8-11(10)13(16)17-14(2,3)4/h5-6,10-11,15H,7-8H2,1-4H3. The third-order valence-corrected chi connectivity index (χ3v) is 4.31. The van der Waals surface area contributed by atoms with Crippen molar-refractivity contribution >= 4 is 17.3 Å². The summed E-state index contributed by atoms with van der Waals surface area (Å²) in [4.78, 5) is 13.5. The summed E-state index contributed by atoms with van der Waals surface area (Å²) in [7, 11) is 0. The van der Waals surface area contributed by atoms with Crippen LogP contribution in [0.3, 0.4) is 0 Å². The molecule has 3 nitrogen and oxygen atoms in total. The van der Waals surface area contributed by atoms with E-state index >= 15 is 0 Å². The summed E-state index contributed by atoms with van der Waals surface area (Å²) in [6, 6.07) is 2.12. The summed E-state index contributed by atoms with van der Waals surface area (Å²) >= 11 is 1.74. The van der Waals surface area contributed by atoms with Crippen molar-refractivity contribution in [2.75, 3.05) is 13.1 Å². The molecule has 1 aliphatic heterocycles. The van der Waals surface area contributed by atoms with E-state index in [1.807, 2.05) is 20.8 Å². The Balaban J connectivity index is 2.13. The summed E-state index contributed by atoms with van der Waals surface area (Å²) in [6.45, 7) is 9.44. The second-order valence-electron chi connectivity index (χ2n) is 5.87. The molecule has 0 spiro atoms. The van der Waals surface area contributed by atoms with Crippen molar-refractivity contribution in [1.29, 1.82) is 0 Å². The van der Waals surface area contributed by atoms with Crippen molar-refractivity contribution in [3.8, 4) is 0 Å². The average molecular weight is 267 g/mol. The molecule has 2 unspecified atom stereocenters. The third-order valence-electron chi connectivity index (χ3n) is 3.16. The molecule has 2 heterocycles. The largest absolute Gasteiger partial charge is 0.460 e. The molecule has 0 aliphatic carbocycles. The normalized spacial score (nSPS) is 24.2. The van der Waals surface area contributed by atoms with Gasteiger partial charge in [-0.1, -0.05) is 0 Å². The minimum atomic E-state index is -0.408. The first kappa shape index (κ1) is 13.6. The van der Waals surface area contributed by atoms with E-state index in [1.165, 1.54) is 10.4 Å². The number of ether oxygens (including phenoxy) is 1. The second kappa shape index (κ2) is 5.02. The summed E-state index contributed by atoms with van der Waals surface area (Å²) in [5.41, 5.74) is 0.872. The van der Waals surface area contributed by atoms with Crippen LogP contribution in [-0.4, -0.2) is 24.7 Å². The number of rotatable bonds is 2. The van der Waals surface area contributed by atoms with Gasteiger partial charge in [0.15, 0.2) is 0 Å². The molecule has 4 heteroatoms. The van der Waals surface area contributed by atoms with Gasteiger partial charge in [-0.05, 0) is 44.7 Å². The van der Waals surface area contributed by atoms with Crippen LogP contribution < -0.4 is 5.32 Å². The highest BCUT2D eigenvalue weighted by Crippen LogP contribution is 2.35. The summed E-state index contributed by atoms with van der Waals surface area (Å²) in [6.07, 6.45) is 0. The van der Waals surface area contributed by atoms with Crippen molar-refractivity contribution in [2.24, 2.45) is 5.92 Å². The Hall–Kier alpha value is -0.870. The Morgan fingerprint density at radius 2 is 2.17 bits per heavy atom. The lowest BCUT2D eigenvalue weighted by molar-refractivity contribution is -0.159. The SMILES string of the molecule is Cc1ccsc1C1CNCC1C(=O)OC(C)(C)C. The second-order valence-corrected chi connectivity index (χ2v) is 6.82. The number of carbonyl (C=O) groups excluding carboxylic acids is 1. The van der Waals surface area contributed by atoms with Crippen LogP contribution in [0.25, 0.3) is 0 Å². The molecule has 0 amide bonds. The van der Waals surface area contributed by atoms with E-state index in [9.17, 15) is 4.79 Å². The molecule has 2 atom stereocenters. The van der Waals surface area contributed by atoms with Crippen LogP contribution >= 0.6 is 11.3 Å². The lowest BCUT2D eigenvalue weighted by Gasteiger charge is -2.24. The lowest BCUT2D eigenvalue weighted by Crippen LogP contribution is -2.31. The quantitative estimate of drug-likeness (QED) is 0.837. The monoisotopic (exact) mass is 267 g/mol. The maximum Gasteiger partial charge on any atom is 0.311 e. The van der Waals surface area contributed by atoms with E-state index in [1.54, 1.807) is 11.3 Å². The van der Waals surface area contributed by atoms with Gasteiger partial charge in [-0.2, -0.15) is 0 Å². The molecule has 1 aromatic heterocycles. The Labute approximate surface area is 113 Å². The Morgan fingerprint density at radius 1 is 1.44 bits per heavy atom. The number of thiophene rings is 1. The molecule has 1 fully saturated rings. The third kappa shape index (κ3) is 2.93. The van der Waals surface area contributed by atoms with Crippen LogP contribution in [0.2, 0.25) is 0 Å². The van der Waals surface area contributed by atoms with Crippen LogP contribution in [0.15, 0.2) is 11.4 Å². The fourth-order valence-electron chi connectivity index (χ4n) is 2.34. The molecule has 2 rings (SSSR count). The van der Waals surface area contributed by atoms with Gasteiger partial charge in [0.1, 0.15) is 5.60 Å². The van der Waals surface area contributed by atoms with Crippen LogP contribution in [0.1, 0.15) is 37.1 Å². The van der Waals surface area contributed by atoms with Crippen molar-refractivity contribution in [3.63, 3.8) is 0 Å². The first-order chi connectivity index (χ1) is 8.38. The van der Waals surface area contributed by atoms with Crippen molar-refractivity contribution in [2.45, 2.75) is 39.2 Å². The minimum Gasteiger partial charge on any atom is -0.460 e. The lowest BCUT2D eigenvalue weighted by atomic mass is 9.92. The van der Waals surface area contributed by atoms with E-state index in [0.29, 0.717) is 0 Å². The van der Waals surface area contributed by atoms with Gasteiger partial charge < -0.3 is 10.1 Å². The molecule has 0 radical (unpaired) electrons. The molecular formula is C14H21NO2S. The maximum atomic E-state index is 12.2. The van der Waals surface area contributed by atoms with Crippen LogP contribution in [0, 0.1) is 12.8 Å². The van der Waals surface area contributed by atoms with Gasteiger partial charge in [0.05, 0.1) is 5.92 Å². The molecule has 1 aliphatic rings. The van der Waals surface area contributed by atoms with Crippen molar-refractivity contribution in [3.05, 3.63) is 21.9 Å². The highest BCUT2D eigenvalue weighted by atomic mass is 32.1. The molecule has 0 saturated carbocycles. The highest BCUT2D eigenvalue weighted by molar-refractivity contribution is 7.10. The predicted molar refractivity (Wildman–Crippen MR) is 74.0 cm³/mol. The van der Waals surface area contributed by atoms with Crippen molar-refractivity contribution in [1.82, 2.24) is 5.32 Å². The van der Waals surface area contributed by atoms with Crippen LogP contribution in [0.4, 0.5) is 0 Å². The average Bonchev–Trinajstić information content (AvgIpc) is 2.82.